The van der Waals surface area contributed by atoms with Crippen molar-refractivity contribution in [3.63, 3.8) is 0 Å². The Kier molecular flexibility index (Phi) is 3.90. The van der Waals surface area contributed by atoms with Gasteiger partial charge < -0.3 is 5.73 Å². The number of anilines is 1. The van der Waals surface area contributed by atoms with Crippen molar-refractivity contribution in [1.82, 2.24) is 9.21 Å². The number of sulfonamides is 1. The van der Waals surface area contributed by atoms with Gasteiger partial charge in [-0.15, -0.1) is 0 Å². The maximum atomic E-state index is 12.8. The van der Waals surface area contributed by atoms with Gasteiger partial charge in [0.2, 0.25) is 10.0 Å². The first-order chi connectivity index (χ1) is 9.89. The molecule has 2 N–H and O–H groups in total. The molecule has 0 saturated carbocycles. The van der Waals surface area contributed by atoms with Gasteiger partial charge in [0, 0.05) is 30.9 Å². The number of benzene rings is 1. The molecule has 1 aromatic carbocycles. The molecular formula is C14H20ClN3O2S. The van der Waals surface area contributed by atoms with Crippen LogP contribution in [0.1, 0.15) is 19.3 Å². The maximum Gasteiger partial charge on any atom is 0.244 e. The Labute approximate surface area is 130 Å². The van der Waals surface area contributed by atoms with Crippen molar-refractivity contribution in [2.45, 2.75) is 36.2 Å². The molecule has 0 aliphatic carbocycles. The second-order valence-corrected chi connectivity index (χ2v) is 8.21. The Morgan fingerprint density at radius 2 is 1.95 bits per heavy atom. The second-order valence-electron chi connectivity index (χ2n) is 5.89. The highest BCUT2D eigenvalue weighted by Gasteiger charge is 2.39. The third kappa shape index (κ3) is 2.65. The van der Waals surface area contributed by atoms with Crippen LogP contribution in [0.5, 0.6) is 0 Å². The van der Waals surface area contributed by atoms with Crippen molar-refractivity contribution in [2.75, 3.05) is 25.9 Å². The lowest BCUT2D eigenvalue weighted by molar-refractivity contribution is 0.246. The number of rotatable bonds is 2. The average molecular weight is 330 g/mol. The van der Waals surface area contributed by atoms with Gasteiger partial charge in [-0.2, -0.15) is 4.31 Å². The summed E-state index contributed by atoms with van der Waals surface area (Å²) in [7, 11) is -1.47. The summed E-state index contributed by atoms with van der Waals surface area (Å²) in [6.45, 7) is 1.09. The second kappa shape index (κ2) is 5.43. The molecule has 7 heteroatoms. The van der Waals surface area contributed by atoms with Gasteiger partial charge in [-0.25, -0.2) is 8.42 Å². The molecule has 0 spiro atoms. The van der Waals surface area contributed by atoms with Gasteiger partial charge in [0.05, 0.1) is 5.02 Å². The smallest absolute Gasteiger partial charge is 0.244 e. The zero-order valence-electron chi connectivity index (χ0n) is 12.0. The molecule has 2 aliphatic rings. The molecule has 0 radical (unpaired) electrons. The summed E-state index contributed by atoms with van der Waals surface area (Å²) in [5, 5.41) is 0.192. The van der Waals surface area contributed by atoms with Gasteiger partial charge in [-0.3, -0.25) is 4.90 Å². The average Bonchev–Trinajstić information content (AvgIpc) is 2.61. The minimum atomic E-state index is -3.56. The first-order valence-electron chi connectivity index (χ1n) is 7.16. The van der Waals surface area contributed by atoms with Gasteiger partial charge in [-0.05, 0) is 44.5 Å². The van der Waals surface area contributed by atoms with Crippen molar-refractivity contribution in [1.29, 1.82) is 0 Å². The molecule has 116 valence electrons. The van der Waals surface area contributed by atoms with E-state index in [1.165, 1.54) is 12.1 Å². The fourth-order valence-electron chi connectivity index (χ4n) is 3.36. The molecule has 3 rings (SSSR count). The van der Waals surface area contributed by atoms with Gasteiger partial charge in [-0.1, -0.05) is 11.6 Å². The number of likely N-dealkylation sites (N-methyl/N-ethyl adjacent to an activating group) is 1. The van der Waals surface area contributed by atoms with Crippen molar-refractivity contribution in [3.8, 4) is 0 Å². The fraction of sp³-hybridized carbons (Fsp3) is 0.571. The number of nitrogens with zero attached hydrogens (tertiary/aromatic N) is 2. The summed E-state index contributed by atoms with van der Waals surface area (Å²) in [5.74, 6) is 0. The molecule has 0 aromatic heterocycles. The number of nitrogens with two attached hydrogens (primary N) is 1. The minimum absolute atomic E-state index is 0.152. The fourth-order valence-corrected chi connectivity index (χ4v) is 5.38. The van der Waals surface area contributed by atoms with Crippen LogP contribution < -0.4 is 5.73 Å². The van der Waals surface area contributed by atoms with Crippen molar-refractivity contribution >= 4 is 27.3 Å². The lowest BCUT2D eigenvalue weighted by Gasteiger charge is -2.25. The van der Waals surface area contributed by atoms with Crippen molar-refractivity contribution in [2.24, 2.45) is 0 Å². The first-order valence-corrected chi connectivity index (χ1v) is 8.98. The minimum Gasteiger partial charge on any atom is -0.399 e. The van der Waals surface area contributed by atoms with E-state index in [0.717, 1.165) is 19.3 Å². The van der Waals surface area contributed by atoms with Crippen LogP contribution >= 0.6 is 11.6 Å². The Balaban J connectivity index is 1.91. The standard InChI is InChI=1S/C14H20ClN3O2S/c1-17-11-3-4-12(17)9-18(7-6-11)21(19,20)14-5-2-10(16)8-13(14)15/h2,5,8,11-12H,3-4,6-7,9,16H2,1H3. The van der Waals surface area contributed by atoms with E-state index in [-0.39, 0.29) is 9.92 Å². The zero-order chi connectivity index (χ0) is 15.2. The highest BCUT2D eigenvalue weighted by atomic mass is 35.5. The van der Waals surface area contributed by atoms with Gasteiger partial charge in [0.25, 0.3) is 0 Å². The zero-order valence-corrected chi connectivity index (χ0v) is 13.6. The van der Waals surface area contributed by atoms with E-state index in [9.17, 15) is 8.42 Å². The van der Waals surface area contributed by atoms with E-state index in [0.29, 0.717) is 30.9 Å². The number of fused-ring (bicyclic) bond motifs is 2. The Morgan fingerprint density at radius 3 is 2.67 bits per heavy atom. The van der Waals surface area contributed by atoms with Crippen LogP contribution in [-0.4, -0.2) is 49.8 Å². The molecule has 0 amide bonds. The van der Waals surface area contributed by atoms with E-state index in [1.807, 2.05) is 0 Å². The molecule has 1 aromatic rings. The summed E-state index contributed by atoms with van der Waals surface area (Å²) in [5.41, 5.74) is 6.11. The van der Waals surface area contributed by atoms with Crippen LogP contribution in [0.25, 0.3) is 0 Å². The molecule has 21 heavy (non-hydrogen) atoms. The highest BCUT2D eigenvalue weighted by Crippen LogP contribution is 2.33. The molecule has 2 unspecified atom stereocenters. The lowest BCUT2D eigenvalue weighted by Crippen LogP contribution is -2.39. The van der Waals surface area contributed by atoms with Crippen LogP contribution in [0.15, 0.2) is 23.1 Å². The summed E-state index contributed by atoms with van der Waals surface area (Å²) < 4.78 is 27.2. The summed E-state index contributed by atoms with van der Waals surface area (Å²) in [4.78, 5) is 2.47. The van der Waals surface area contributed by atoms with E-state index >= 15 is 0 Å². The third-order valence-corrected chi connectivity index (χ3v) is 7.03. The van der Waals surface area contributed by atoms with E-state index in [4.69, 9.17) is 17.3 Å². The topological polar surface area (TPSA) is 66.6 Å². The third-order valence-electron chi connectivity index (χ3n) is 4.68. The van der Waals surface area contributed by atoms with Crippen molar-refractivity contribution < 1.29 is 8.42 Å². The lowest BCUT2D eigenvalue weighted by atomic mass is 10.1. The largest absolute Gasteiger partial charge is 0.399 e. The molecule has 2 atom stereocenters. The van der Waals surface area contributed by atoms with Gasteiger partial charge in [0.1, 0.15) is 4.90 Å². The number of hydrogen-bond donors (Lipinski definition) is 1. The van der Waals surface area contributed by atoms with E-state index in [1.54, 1.807) is 10.4 Å². The maximum absolute atomic E-state index is 12.8. The Morgan fingerprint density at radius 1 is 1.24 bits per heavy atom. The number of hydrogen-bond acceptors (Lipinski definition) is 4. The van der Waals surface area contributed by atoms with Gasteiger partial charge in [0.15, 0.2) is 0 Å². The molecule has 2 heterocycles. The summed E-state index contributed by atoms with van der Waals surface area (Å²) in [6, 6.07) is 5.37. The molecule has 2 bridgehead atoms. The summed E-state index contributed by atoms with van der Waals surface area (Å²) in [6.07, 6.45) is 3.10. The Bertz CT molecular complexity index is 650. The monoisotopic (exact) mass is 329 g/mol. The van der Waals surface area contributed by atoms with Crippen LogP contribution in [0.3, 0.4) is 0 Å². The first kappa shape index (κ1) is 15.1. The number of halogens is 1. The number of nitrogen functional groups attached to an aromatic ring is 1. The van der Waals surface area contributed by atoms with Crippen LogP contribution in [0.4, 0.5) is 5.69 Å². The van der Waals surface area contributed by atoms with Gasteiger partial charge >= 0.3 is 0 Å². The molecule has 2 saturated heterocycles. The van der Waals surface area contributed by atoms with E-state index in [2.05, 4.69) is 11.9 Å². The molecule has 5 nitrogen and oxygen atoms in total. The molecule has 2 aliphatic heterocycles. The predicted octanol–water partition coefficient (Wildman–Crippen LogP) is 1.78. The molecular weight excluding hydrogens is 310 g/mol. The summed E-state index contributed by atoms with van der Waals surface area (Å²) >= 11 is 6.09. The van der Waals surface area contributed by atoms with Crippen LogP contribution in [0.2, 0.25) is 5.02 Å². The SMILES string of the molecule is CN1C2CCC1CN(S(=O)(=O)c1ccc(N)cc1Cl)CC2. The normalized spacial score (nSPS) is 27.7. The van der Waals surface area contributed by atoms with Crippen LogP contribution in [0, 0.1) is 0 Å². The predicted molar refractivity (Wildman–Crippen MR) is 83.8 cm³/mol. The Hall–Kier alpha value is -0.820. The van der Waals surface area contributed by atoms with Crippen molar-refractivity contribution in [3.05, 3.63) is 23.2 Å². The quantitative estimate of drug-likeness (QED) is 0.840. The van der Waals surface area contributed by atoms with Crippen LogP contribution in [-0.2, 0) is 10.0 Å². The molecule has 2 fully saturated rings. The highest BCUT2D eigenvalue weighted by molar-refractivity contribution is 7.89. The van der Waals surface area contributed by atoms with E-state index < -0.39 is 10.0 Å².